The van der Waals surface area contributed by atoms with Crippen LogP contribution in [0.1, 0.15) is 61.2 Å². The lowest BCUT2D eigenvalue weighted by Crippen LogP contribution is -2.57. The molecule has 0 aliphatic carbocycles. The first-order valence-corrected chi connectivity index (χ1v) is 12.6. The van der Waals surface area contributed by atoms with E-state index in [1.165, 1.54) is 4.90 Å². The molecule has 0 aliphatic heterocycles. The van der Waals surface area contributed by atoms with Gasteiger partial charge in [0.15, 0.2) is 5.82 Å². The molecule has 37 heavy (non-hydrogen) atoms. The number of rotatable bonds is 9. The molecule has 0 spiro atoms. The number of carbonyl (C=O) groups excluding carboxylic acids is 1. The van der Waals surface area contributed by atoms with Crippen molar-refractivity contribution in [3.05, 3.63) is 30.1 Å². The maximum absolute atomic E-state index is 13.7. The van der Waals surface area contributed by atoms with Gasteiger partial charge in [-0.25, -0.2) is 14.8 Å². The molecule has 1 aromatic carbocycles. The molecule has 2 aromatic heterocycles. The number of amides is 2. The number of aliphatic hydroxyl groups is 1. The van der Waals surface area contributed by atoms with Gasteiger partial charge in [0.05, 0.1) is 23.2 Å². The van der Waals surface area contributed by atoms with Gasteiger partial charge in [0.2, 0.25) is 5.91 Å². The minimum Gasteiger partial charge on any atom is -0.465 e. The van der Waals surface area contributed by atoms with E-state index in [1.807, 2.05) is 49.6 Å². The summed E-state index contributed by atoms with van der Waals surface area (Å²) in [5.41, 5.74) is -0.0451. The monoisotopic (exact) mass is 513 g/mol. The molecular formula is C27H39N5O5. The molecule has 202 valence electrons. The van der Waals surface area contributed by atoms with Crippen LogP contribution in [0, 0.1) is 5.92 Å². The first-order valence-electron chi connectivity index (χ1n) is 12.6. The molecule has 0 fully saturated rings. The Bertz CT molecular complexity index is 1290. The second-order valence-corrected chi connectivity index (χ2v) is 11.2. The Kier molecular flexibility index (Phi) is 8.14. The van der Waals surface area contributed by atoms with E-state index in [4.69, 9.17) is 14.7 Å². The Morgan fingerprint density at radius 2 is 1.78 bits per heavy atom. The van der Waals surface area contributed by atoms with Crippen LogP contribution in [0.3, 0.4) is 0 Å². The third kappa shape index (κ3) is 6.19. The minimum atomic E-state index is -1.17. The summed E-state index contributed by atoms with van der Waals surface area (Å²) >= 11 is 0. The molecule has 3 rings (SSSR count). The van der Waals surface area contributed by atoms with Crippen LogP contribution in [0.25, 0.3) is 21.9 Å². The molecule has 10 heteroatoms. The van der Waals surface area contributed by atoms with Gasteiger partial charge in [0.1, 0.15) is 24.0 Å². The summed E-state index contributed by atoms with van der Waals surface area (Å²) < 4.78 is 7.56. The topological polar surface area (TPSA) is 130 Å². The smallest absolute Gasteiger partial charge is 0.408 e. The zero-order chi connectivity index (χ0) is 27.7. The minimum absolute atomic E-state index is 0.217. The van der Waals surface area contributed by atoms with Crippen molar-refractivity contribution >= 4 is 39.8 Å². The number of para-hydroxylation sites is 1. The normalized spacial score (nSPS) is 13.4. The van der Waals surface area contributed by atoms with Crippen LogP contribution in [0.15, 0.2) is 24.3 Å². The number of carbonyl (C=O) groups is 2. The van der Waals surface area contributed by atoms with Crippen molar-refractivity contribution < 1.29 is 24.5 Å². The number of pyridine rings is 1. The first-order chi connectivity index (χ1) is 17.2. The predicted octanol–water partition coefficient (Wildman–Crippen LogP) is 4.63. The lowest BCUT2D eigenvalue weighted by molar-refractivity contribution is -0.124. The number of nitrogens with zero attached hydrogens (tertiary/aromatic N) is 4. The van der Waals surface area contributed by atoms with Crippen LogP contribution >= 0.6 is 0 Å². The van der Waals surface area contributed by atoms with Gasteiger partial charge in [-0.15, -0.1) is 0 Å². The largest absolute Gasteiger partial charge is 0.465 e. The number of hydrogen-bond acceptors (Lipinski definition) is 6. The van der Waals surface area contributed by atoms with E-state index < -0.39 is 29.2 Å². The van der Waals surface area contributed by atoms with Crippen LogP contribution in [0.2, 0.25) is 0 Å². The van der Waals surface area contributed by atoms with Crippen LogP contribution in [0.4, 0.5) is 10.6 Å². The lowest BCUT2D eigenvalue weighted by Gasteiger charge is -2.40. The molecule has 2 amide bonds. The fourth-order valence-corrected chi connectivity index (χ4v) is 4.56. The van der Waals surface area contributed by atoms with E-state index in [1.54, 1.807) is 34.6 Å². The van der Waals surface area contributed by atoms with Gasteiger partial charge >= 0.3 is 6.09 Å². The maximum Gasteiger partial charge on any atom is 0.408 e. The fraction of sp³-hybridized carbons (Fsp3) is 0.556. The predicted molar refractivity (Wildman–Crippen MR) is 144 cm³/mol. The molecule has 1 unspecified atom stereocenters. The van der Waals surface area contributed by atoms with E-state index in [0.717, 1.165) is 5.39 Å². The molecular weight excluding hydrogens is 474 g/mol. The summed E-state index contributed by atoms with van der Waals surface area (Å²) in [5.74, 6) is 0.0399. The molecule has 1 atom stereocenters. The van der Waals surface area contributed by atoms with E-state index in [2.05, 4.69) is 5.32 Å². The van der Waals surface area contributed by atoms with E-state index in [0.29, 0.717) is 29.0 Å². The molecule has 2 heterocycles. The summed E-state index contributed by atoms with van der Waals surface area (Å²) in [6, 6.07) is 6.56. The van der Waals surface area contributed by atoms with Crippen LogP contribution in [-0.2, 0) is 22.7 Å². The number of carboxylic acid groups (broad SMARTS) is 1. The maximum atomic E-state index is 13.7. The molecule has 3 aromatic rings. The average molecular weight is 514 g/mol. The van der Waals surface area contributed by atoms with Crippen LogP contribution < -0.4 is 5.32 Å². The number of nitrogens with one attached hydrogen (secondary N) is 1. The Balaban J connectivity index is 2.23. The molecule has 0 radical (unpaired) electrons. The third-order valence-corrected chi connectivity index (χ3v) is 5.99. The van der Waals surface area contributed by atoms with Gasteiger partial charge in [0, 0.05) is 17.5 Å². The van der Waals surface area contributed by atoms with Crippen molar-refractivity contribution in [2.45, 2.75) is 85.7 Å². The Morgan fingerprint density at radius 1 is 1.14 bits per heavy atom. The van der Waals surface area contributed by atoms with Crippen LogP contribution in [-0.4, -0.2) is 65.4 Å². The lowest BCUT2D eigenvalue weighted by atomic mass is 9.95. The van der Waals surface area contributed by atoms with Gasteiger partial charge in [-0.05, 0) is 53.5 Å². The second kappa shape index (κ2) is 10.6. The van der Waals surface area contributed by atoms with Gasteiger partial charge in [-0.3, -0.25) is 9.69 Å². The van der Waals surface area contributed by atoms with E-state index >= 15 is 0 Å². The first kappa shape index (κ1) is 28.3. The Labute approximate surface area is 217 Å². The summed E-state index contributed by atoms with van der Waals surface area (Å²) in [6.45, 7) is 15.2. The van der Waals surface area contributed by atoms with Crippen molar-refractivity contribution in [3.63, 3.8) is 0 Å². The highest BCUT2D eigenvalue weighted by Gasteiger charge is 2.39. The highest BCUT2D eigenvalue weighted by atomic mass is 16.5. The number of ether oxygens (including phenoxy) is 1. The van der Waals surface area contributed by atoms with Crippen molar-refractivity contribution in [2.24, 2.45) is 5.92 Å². The third-order valence-electron chi connectivity index (χ3n) is 5.99. The van der Waals surface area contributed by atoms with Gasteiger partial charge in [-0.1, -0.05) is 32.0 Å². The molecule has 3 N–H and O–H groups in total. The molecule has 0 bridgehead atoms. The molecule has 0 saturated carbocycles. The van der Waals surface area contributed by atoms with Crippen molar-refractivity contribution in [2.75, 3.05) is 11.9 Å². The SMILES string of the molecule is CCOCc1nc2c(NC(=O)C(C(C)C)N(C(=O)O)C(C)(C)C)nc3ccccc3c2n1CC(C)(C)O. The van der Waals surface area contributed by atoms with Crippen LogP contribution in [0.5, 0.6) is 0 Å². The number of hydrogen-bond donors (Lipinski definition) is 3. The highest BCUT2D eigenvalue weighted by molar-refractivity contribution is 6.10. The Hall–Kier alpha value is -3.24. The van der Waals surface area contributed by atoms with Crippen molar-refractivity contribution in [3.8, 4) is 0 Å². The summed E-state index contributed by atoms with van der Waals surface area (Å²) in [5, 5.41) is 24.3. The summed E-state index contributed by atoms with van der Waals surface area (Å²) in [7, 11) is 0. The summed E-state index contributed by atoms with van der Waals surface area (Å²) in [6.07, 6.45) is -1.17. The van der Waals surface area contributed by atoms with Gasteiger partial charge < -0.3 is 24.8 Å². The summed E-state index contributed by atoms with van der Waals surface area (Å²) in [4.78, 5) is 36.5. The zero-order valence-electron chi connectivity index (χ0n) is 23.0. The number of imidazole rings is 1. The number of anilines is 1. The van der Waals surface area contributed by atoms with E-state index in [-0.39, 0.29) is 24.9 Å². The number of aromatic nitrogens is 3. The molecule has 10 nitrogen and oxygen atoms in total. The fourth-order valence-electron chi connectivity index (χ4n) is 4.56. The number of fused-ring (bicyclic) bond motifs is 3. The van der Waals surface area contributed by atoms with Crippen molar-refractivity contribution in [1.29, 1.82) is 0 Å². The quantitative estimate of drug-likeness (QED) is 0.380. The number of benzene rings is 1. The molecule has 0 saturated heterocycles. The second-order valence-electron chi connectivity index (χ2n) is 11.2. The standard InChI is InChI=1S/C27H39N5O5/c1-9-37-14-19-29-20-22(31(19)15-27(7,8)36)17-12-10-11-13-18(17)28-23(20)30-24(33)21(16(2)3)32(25(34)35)26(4,5)6/h10-13,16,21,36H,9,14-15H2,1-8H3,(H,34,35)(H,28,30,33). The Morgan fingerprint density at radius 3 is 2.32 bits per heavy atom. The van der Waals surface area contributed by atoms with E-state index in [9.17, 15) is 19.8 Å². The highest BCUT2D eigenvalue weighted by Crippen LogP contribution is 2.32. The van der Waals surface area contributed by atoms with Gasteiger partial charge in [0.25, 0.3) is 0 Å². The van der Waals surface area contributed by atoms with Gasteiger partial charge in [-0.2, -0.15) is 0 Å². The molecule has 0 aliphatic rings. The average Bonchev–Trinajstić information content (AvgIpc) is 3.11. The van der Waals surface area contributed by atoms with Crippen molar-refractivity contribution in [1.82, 2.24) is 19.4 Å². The zero-order valence-corrected chi connectivity index (χ0v) is 23.0.